The fourth-order valence-corrected chi connectivity index (χ4v) is 2.86. The molecule has 0 atom stereocenters. The standard InChI is InChI=1S/C9H6Br2N4O2/c1-5-12-4-14(13-5)9-7(10)2-6(15(16)17)3-8(9)11/h2-4H,1H3. The van der Waals surface area contributed by atoms with Crippen LogP contribution in [0.5, 0.6) is 0 Å². The van der Waals surface area contributed by atoms with E-state index >= 15 is 0 Å². The maximum Gasteiger partial charge on any atom is 0.271 e. The van der Waals surface area contributed by atoms with E-state index in [2.05, 4.69) is 41.9 Å². The van der Waals surface area contributed by atoms with Crippen molar-refractivity contribution in [3.63, 3.8) is 0 Å². The second-order valence-corrected chi connectivity index (χ2v) is 4.96. The molecule has 0 bridgehead atoms. The molecule has 0 saturated carbocycles. The molecular formula is C9H6Br2N4O2. The Balaban J connectivity index is 2.60. The maximum atomic E-state index is 10.7. The Morgan fingerprint density at radius 1 is 1.35 bits per heavy atom. The molecule has 0 fully saturated rings. The van der Waals surface area contributed by atoms with Gasteiger partial charge in [-0.15, -0.1) is 0 Å². The second-order valence-electron chi connectivity index (χ2n) is 3.25. The van der Waals surface area contributed by atoms with Crippen LogP contribution in [0.1, 0.15) is 5.82 Å². The zero-order valence-corrected chi connectivity index (χ0v) is 11.8. The van der Waals surface area contributed by atoms with Crippen molar-refractivity contribution in [3.05, 3.63) is 43.3 Å². The molecule has 0 aliphatic carbocycles. The number of benzene rings is 1. The molecule has 8 heteroatoms. The third kappa shape index (κ3) is 2.37. The Bertz CT molecular complexity index is 573. The van der Waals surface area contributed by atoms with Crippen LogP contribution in [-0.4, -0.2) is 19.7 Å². The second kappa shape index (κ2) is 4.53. The number of aryl methyl sites for hydroxylation is 1. The molecule has 2 rings (SSSR count). The zero-order chi connectivity index (χ0) is 12.6. The minimum atomic E-state index is -0.452. The van der Waals surface area contributed by atoms with E-state index < -0.39 is 4.92 Å². The summed E-state index contributed by atoms with van der Waals surface area (Å²) < 4.78 is 2.69. The Morgan fingerprint density at radius 3 is 2.35 bits per heavy atom. The first-order valence-electron chi connectivity index (χ1n) is 4.51. The first-order chi connectivity index (χ1) is 7.99. The molecule has 0 spiro atoms. The lowest BCUT2D eigenvalue weighted by Crippen LogP contribution is -1.99. The van der Waals surface area contributed by atoms with Gasteiger partial charge in [0, 0.05) is 12.1 Å². The molecule has 2 aromatic rings. The third-order valence-electron chi connectivity index (χ3n) is 2.05. The minimum Gasteiger partial charge on any atom is -0.258 e. The predicted molar refractivity (Wildman–Crippen MR) is 68.2 cm³/mol. The van der Waals surface area contributed by atoms with Crippen molar-refractivity contribution in [2.24, 2.45) is 0 Å². The van der Waals surface area contributed by atoms with Crippen molar-refractivity contribution in [2.75, 3.05) is 0 Å². The van der Waals surface area contributed by atoms with Crippen molar-refractivity contribution in [1.82, 2.24) is 14.8 Å². The summed E-state index contributed by atoms with van der Waals surface area (Å²) >= 11 is 6.58. The zero-order valence-electron chi connectivity index (χ0n) is 8.59. The number of nitro benzene ring substituents is 1. The normalized spacial score (nSPS) is 10.5. The fraction of sp³-hybridized carbons (Fsp3) is 0.111. The van der Waals surface area contributed by atoms with Crippen molar-refractivity contribution < 1.29 is 4.92 Å². The van der Waals surface area contributed by atoms with Gasteiger partial charge < -0.3 is 0 Å². The molecule has 0 unspecified atom stereocenters. The topological polar surface area (TPSA) is 73.8 Å². The van der Waals surface area contributed by atoms with Crippen LogP contribution in [0.15, 0.2) is 27.4 Å². The molecule has 0 N–H and O–H groups in total. The third-order valence-corrected chi connectivity index (χ3v) is 3.26. The molecule has 1 aromatic carbocycles. The quantitative estimate of drug-likeness (QED) is 0.608. The lowest BCUT2D eigenvalue weighted by Gasteiger charge is -2.06. The average molecular weight is 362 g/mol. The summed E-state index contributed by atoms with van der Waals surface area (Å²) in [5.41, 5.74) is 0.681. The van der Waals surface area contributed by atoms with Crippen LogP contribution in [0.2, 0.25) is 0 Å². The van der Waals surface area contributed by atoms with Crippen LogP contribution in [0.25, 0.3) is 5.69 Å². The highest BCUT2D eigenvalue weighted by Gasteiger charge is 2.16. The van der Waals surface area contributed by atoms with Crippen molar-refractivity contribution in [1.29, 1.82) is 0 Å². The average Bonchev–Trinajstić information content (AvgIpc) is 2.63. The Morgan fingerprint density at radius 2 is 1.94 bits per heavy atom. The molecule has 0 saturated heterocycles. The molecular weight excluding hydrogens is 356 g/mol. The monoisotopic (exact) mass is 360 g/mol. The molecule has 17 heavy (non-hydrogen) atoms. The van der Waals surface area contributed by atoms with E-state index in [0.29, 0.717) is 20.5 Å². The molecule has 0 radical (unpaired) electrons. The van der Waals surface area contributed by atoms with E-state index in [1.54, 1.807) is 17.9 Å². The van der Waals surface area contributed by atoms with Gasteiger partial charge in [0.1, 0.15) is 12.2 Å². The van der Waals surface area contributed by atoms with Gasteiger partial charge in [-0.1, -0.05) is 0 Å². The summed E-state index contributed by atoms with van der Waals surface area (Å²) in [5, 5.41) is 14.8. The van der Waals surface area contributed by atoms with Crippen LogP contribution >= 0.6 is 31.9 Å². The summed E-state index contributed by atoms with van der Waals surface area (Å²) in [6.07, 6.45) is 1.55. The van der Waals surface area contributed by atoms with Gasteiger partial charge in [0.25, 0.3) is 5.69 Å². The molecule has 0 amide bonds. The first kappa shape index (κ1) is 12.2. The fourth-order valence-electron chi connectivity index (χ4n) is 1.33. The number of non-ortho nitro benzene ring substituents is 1. The molecule has 0 aliphatic rings. The van der Waals surface area contributed by atoms with Gasteiger partial charge >= 0.3 is 0 Å². The van der Waals surface area contributed by atoms with E-state index in [9.17, 15) is 10.1 Å². The molecule has 1 heterocycles. The van der Waals surface area contributed by atoms with Crippen LogP contribution in [0.4, 0.5) is 5.69 Å². The number of nitro groups is 1. The van der Waals surface area contributed by atoms with Gasteiger partial charge in [0.05, 0.1) is 19.6 Å². The summed E-state index contributed by atoms with van der Waals surface area (Å²) in [6, 6.07) is 2.86. The highest BCUT2D eigenvalue weighted by atomic mass is 79.9. The first-order valence-corrected chi connectivity index (χ1v) is 6.09. The SMILES string of the molecule is Cc1ncn(-c2c(Br)cc([N+](=O)[O-])cc2Br)n1. The van der Waals surface area contributed by atoms with Crippen LogP contribution < -0.4 is 0 Å². The van der Waals surface area contributed by atoms with Gasteiger partial charge in [0.15, 0.2) is 0 Å². The van der Waals surface area contributed by atoms with Crippen LogP contribution in [-0.2, 0) is 0 Å². The number of hydrogen-bond donors (Lipinski definition) is 0. The van der Waals surface area contributed by atoms with Gasteiger partial charge in [-0.2, -0.15) is 5.10 Å². The van der Waals surface area contributed by atoms with Gasteiger partial charge in [-0.05, 0) is 38.8 Å². The number of hydrogen-bond acceptors (Lipinski definition) is 4. The highest BCUT2D eigenvalue weighted by molar-refractivity contribution is 9.11. The van der Waals surface area contributed by atoms with E-state index in [1.807, 2.05) is 0 Å². The molecule has 88 valence electrons. The molecule has 1 aromatic heterocycles. The van der Waals surface area contributed by atoms with Crippen molar-refractivity contribution >= 4 is 37.5 Å². The Labute approximate surface area is 113 Å². The number of rotatable bonds is 2. The van der Waals surface area contributed by atoms with Gasteiger partial charge in [-0.25, -0.2) is 9.67 Å². The summed E-state index contributed by atoms with van der Waals surface area (Å²) in [6.45, 7) is 1.77. The van der Waals surface area contributed by atoms with E-state index in [1.165, 1.54) is 12.1 Å². The molecule has 0 aliphatic heterocycles. The van der Waals surface area contributed by atoms with E-state index in [0.717, 1.165) is 0 Å². The molecule has 6 nitrogen and oxygen atoms in total. The summed E-state index contributed by atoms with van der Waals surface area (Å²) in [7, 11) is 0. The lowest BCUT2D eigenvalue weighted by atomic mass is 10.3. The smallest absolute Gasteiger partial charge is 0.258 e. The maximum absolute atomic E-state index is 10.7. The largest absolute Gasteiger partial charge is 0.271 e. The van der Waals surface area contributed by atoms with Gasteiger partial charge in [-0.3, -0.25) is 10.1 Å². The van der Waals surface area contributed by atoms with Crippen molar-refractivity contribution in [2.45, 2.75) is 6.92 Å². The highest BCUT2D eigenvalue weighted by Crippen LogP contribution is 2.33. The van der Waals surface area contributed by atoms with Crippen LogP contribution in [0, 0.1) is 17.0 Å². The van der Waals surface area contributed by atoms with E-state index in [4.69, 9.17) is 0 Å². The van der Waals surface area contributed by atoms with Crippen LogP contribution in [0.3, 0.4) is 0 Å². The summed E-state index contributed by atoms with van der Waals surface area (Å²) in [4.78, 5) is 14.2. The number of nitrogens with zero attached hydrogens (tertiary/aromatic N) is 4. The Kier molecular flexibility index (Phi) is 3.25. The minimum absolute atomic E-state index is 0.00402. The summed E-state index contributed by atoms with van der Waals surface area (Å²) in [5.74, 6) is 0.627. The van der Waals surface area contributed by atoms with Crippen molar-refractivity contribution in [3.8, 4) is 5.69 Å². The number of aromatic nitrogens is 3. The lowest BCUT2D eigenvalue weighted by molar-refractivity contribution is -0.385. The van der Waals surface area contributed by atoms with Gasteiger partial charge in [0.2, 0.25) is 0 Å². The number of halogens is 2. The van der Waals surface area contributed by atoms with E-state index in [-0.39, 0.29) is 5.69 Å². The Hall–Kier alpha value is -1.28. The predicted octanol–water partition coefficient (Wildman–Crippen LogP) is 3.01.